The van der Waals surface area contributed by atoms with Gasteiger partial charge in [0.25, 0.3) is 0 Å². The van der Waals surface area contributed by atoms with Crippen LogP contribution < -0.4 is 5.32 Å². The number of nitrogens with zero attached hydrogens (tertiary/aromatic N) is 1. The Kier molecular flexibility index (Phi) is 5.54. The lowest BCUT2D eigenvalue weighted by atomic mass is 9.68. The van der Waals surface area contributed by atoms with Gasteiger partial charge in [-0.15, -0.1) is 0 Å². The van der Waals surface area contributed by atoms with Gasteiger partial charge < -0.3 is 5.32 Å². The predicted molar refractivity (Wildman–Crippen MR) is 132 cm³/mol. The zero-order valence-corrected chi connectivity index (χ0v) is 19.2. The minimum absolute atomic E-state index is 0.368. The lowest BCUT2D eigenvalue weighted by Gasteiger charge is -2.58. The van der Waals surface area contributed by atoms with Crippen molar-refractivity contribution < 1.29 is 0 Å². The average Bonchev–Trinajstić information content (AvgIpc) is 3.13. The maximum absolute atomic E-state index is 6.52. The Bertz CT molecular complexity index is 1000. The van der Waals surface area contributed by atoms with Gasteiger partial charge in [-0.3, -0.25) is 4.90 Å². The SMILES string of the molecule is Clc1ccccc1CNC1C2CC3CC[C@@H](C2)N3C1C(c1ccccc1)c1ccccc1. The van der Waals surface area contributed by atoms with Gasteiger partial charge in [0.2, 0.25) is 0 Å². The van der Waals surface area contributed by atoms with Crippen molar-refractivity contribution in [2.24, 2.45) is 5.92 Å². The molecule has 4 aliphatic heterocycles. The van der Waals surface area contributed by atoms with Crippen LogP contribution in [0, 0.1) is 5.92 Å². The number of nitrogens with one attached hydrogen (secondary N) is 1. The van der Waals surface area contributed by atoms with Gasteiger partial charge >= 0.3 is 0 Å². The highest BCUT2D eigenvalue weighted by Crippen LogP contribution is 2.52. The molecule has 3 heteroatoms. The van der Waals surface area contributed by atoms with Gasteiger partial charge in [0.05, 0.1) is 0 Å². The van der Waals surface area contributed by atoms with E-state index in [0.717, 1.165) is 29.6 Å². The summed E-state index contributed by atoms with van der Waals surface area (Å²) in [6.45, 7) is 0.830. The van der Waals surface area contributed by atoms with Crippen molar-refractivity contribution in [3.8, 4) is 0 Å². The Balaban J connectivity index is 1.40. The molecule has 0 aliphatic carbocycles. The minimum atomic E-state index is 0.368. The zero-order valence-electron chi connectivity index (χ0n) is 18.4. The van der Waals surface area contributed by atoms with Crippen molar-refractivity contribution >= 4 is 11.6 Å². The second-order valence-electron chi connectivity index (χ2n) is 9.85. The Hall–Kier alpha value is -2.13. The Labute approximate surface area is 196 Å². The van der Waals surface area contributed by atoms with Crippen LogP contribution in [0.5, 0.6) is 0 Å². The van der Waals surface area contributed by atoms with Crippen LogP contribution in [0.4, 0.5) is 0 Å². The van der Waals surface area contributed by atoms with Gasteiger partial charge in [0, 0.05) is 41.7 Å². The van der Waals surface area contributed by atoms with Crippen LogP contribution in [0.25, 0.3) is 0 Å². The monoisotopic (exact) mass is 442 g/mol. The van der Waals surface area contributed by atoms with Crippen LogP contribution in [0.15, 0.2) is 84.9 Å². The number of hydrogen-bond acceptors (Lipinski definition) is 2. The maximum Gasteiger partial charge on any atom is 0.0450 e. The quantitative estimate of drug-likeness (QED) is 0.485. The molecule has 4 heterocycles. The molecule has 0 radical (unpaired) electrons. The van der Waals surface area contributed by atoms with Gasteiger partial charge in [0.1, 0.15) is 0 Å². The molecule has 6 atom stereocenters. The fourth-order valence-electron chi connectivity index (χ4n) is 6.94. The van der Waals surface area contributed by atoms with Crippen LogP contribution in [-0.4, -0.2) is 29.1 Å². The summed E-state index contributed by atoms with van der Waals surface area (Å²) in [4.78, 5) is 2.93. The van der Waals surface area contributed by atoms with E-state index in [0.29, 0.717) is 18.0 Å². The summed E-state index contributed by atoms with van der Waals surface area (Å²) in [5.74, 6) is 1.10. The van der Waals surface area contributed by atoms with Crippen molar-refractivity contribution in [3.63, 3.8) is 0 Å². The molecule has 0 spiro atoms. The molecule has 4 saturated heterocycles. The number of hydrogen-bond donors (Lipinski definition) is 1. The van der Waals surface area contributed by atoms with E-state index in [9.17, 15) is 0 Å². The van der Waals surface area contributed by atoms with Crippen LogP contribution in [-0.2, 0) is 6.54 Å². The van der Waals surface area contributed by atoms with Crippen molar-refractivity contribution in [3.05, 3.63) is 107 Å². The molecule has 2 nitrogen and oxygen atoms in total. The number of piperidine rings is 3. The molecule has 0 saturated carbocycles. The average molecular weight is 443 g/mol. The summed E-state index contributed by atoms with van der Waals surface area (Å²) < 4.78 is 0. The summed E-state index contributed by atoms with van der Waals surface area (Å²) in [6, 6.07) is 33.1. The second kappa shape index (κ2) is 8.67. The summed E-state index contributed by atoms with van der Waals surface area (Å²) in [5.41, 5.74) is 4.06. The Morgan fingerprint density at radius 2 is 1.34 bits per heavy atom. The van der Waals surface area contributed by atoms with Crippen LogP contribution in [0.1, 0.15) is 48.3 Å². The van der Waals surface area contributed by atoms with Gasteiger partial charge in [-0.05, 0) is 54.4 Å². The molecule has 32 heavy (non-hydrogen) atoms. The summed E-state index contributed by atoms with van der Waals surface area (Å²) in [7, 11) is 0. The molecule has 7 rings (SSSR count). The first-order valence-electron chi connectivity index (χ1n) is 12.1. The number of fused-ring (bicyclic) bond motifs is 1. The van der Waals surface area contributed by atoms with E-state index in [-0.39, 0.29) is 0 Å². The van der Waals surface area contributed by atoms with Crippen molar-refractivity contribution in [2.75, 3.05) is 0 Å². The van der Waals surface area contributed by atoms with E-state index < -0.39 is 0 Å². The van der Waals surface area contributed by atoms with Gasteiger partial charge in [-0.25, -0.2) is 0 Å². The molecule has 1 N–H and O–H groups in total. The molecule has 3 aromatic carbocycles. The van der Waals surface area contributed by atoms with E-state index >= 15 is 0 Å². The topological polar surface area (TPSA) is 15.3 Å². The lowest BCUT2D eigenvalue weighted by Crippen LogP contribution is -2.68. The van der Waals surface area contributed by atoms with Crippen LogP contribution in [0.2, 0.25) is 5.02 Å². The minimum Gasteiger partial charge on any atom is -0.308 e. The summed E-state index contributed by atoms with van der Waals surface area (Å²) >= 11 is 6.52. The number of rotatable bonds is 6. The van der Waals surface area contributed by atoms with E-state index in [1.807, 2.05) is 12.1 Å². The summed E-state index contributed by atoms with van der Waals surface area (Å²) in [6.07, 6.45) is 5.41. The normalized spacial score (nSPS) is 30.7. The smallest absolute Gasteiger partial charge is 0.0450 e. The lowest BCUT2D eigenvalue weighted by molar-refractivity contribution is -0.0464. The highest BCUT2D eigenvalue weighted by molar-refractivity contribution is 6.31. The third-order valence-electron chi connectivity index (χ3n) is 8.19. The Morgan fingerprint density at radius 1 is 0.781 bits per heavy atom. The van der Waals surface area contributed by atoms with E-state index in [1.54, 1.807) is 0 Å². The first-order chi connectivity index (χ1) is 15.8. The molecule has 3 aromatic rings. The Morgan fingerprint density at radius 3 is 1.94 bits per heavy atom. The highest BCUT2D eigenvalue weighted by atomic mass is 35.5. The maximum atomic E-state index is 6.52. The largest absolute Gasteiger partial charge is 0.308 e. The fourth-order valence-corrected chi connectivity index (χ4v) is 7.15. The third-order valence-corrected chi connectivity index (χ3v) is 8.56. The molecule has 4 bridgehead atoms. The molecule has 164 valence electrons. The molecule has 4 fully saturated rings. The predicted octanol–water partition coefficient (Wildman–Crippen LogP) is 6.26. The highest BCUT2D eigenvalue weighted by Gasteiger charge is 2.56. The van der Waals surface area contributed by atoms with Gasteiger partial charge in [-0.1, -0.05) is 90.5 Å². The second-order valence-corrected chi connectivity index (χ2v) is 10.3. The molecule has 4 aliphatic rings. The number of benzene rings is 3. The standard InChI is InChI=1S/C29H31ClN2/c30-26-14-8-7-13-22(26)19-31-28-23-17-24-15-16-25(18-23)32(24)29(28)27(20-9-3-1-4-10-20)21-11-5-2-6-12-21/h1-14,23-25,27-29,31H,15-19H2/t23?,24-,25?,28?,29?/m0/s1. The van der Waals surface area contributed by atoms with Gasteiger partial charge in [0.15, 0.2) is 0 Å². The third kappa shape index (κ3) is 3.59. The molecule has 0 aromatic heterocycles. The molecular weight excluding hydrogens is 412 g/mol. The van der Waals surface area contributed by atoms with Gasteiger partial charge in [-0.2, -0.15) is 0 Å². The van der Waals surface area contributed by atoms with E-state index in [2.05, 4.69) is 83.0 Å². The molecule has 0 amide bonds. The first kappa shape index (κ1) is 20.5. The van der Waals surface area contributed by atoms with E-state index in [4.69, 9.17) is 11.6 Å². The molecule has 5 unspecified atom stereocenters. The number of halogens is 1. The summed E-state index contributed by atoms with van der Waals surface area (Å²) in [5, 5.41) is 4.88. The first-order valence-corrected chi connectivity index (χ1v) is 12.5. The van der Waals surface area contributed by atoms with Crippen LogP contribution >= 0.6 is 11.6 Å². The zero-order chi connectivity index (χ0) is 21.5. The fraction of sp³-hybridized carbons (Fsp3) is 0.379. The van der Waals surface area contributed by atoms with E-state index in [1.165, 1.54) is 42.4 Å². The van der Waals surface area contributed by atoms with Crippen molar-refractivity contribution in [1.29, 1.82) is 0 Å². The molecular formula is C29H31ClN2. The van der Waals surface area contributed by atoms with Crippen molar-refractivity contribution in [1.82, 2.24) is 10.2 Å². The van der Waals surface area contributed by atoms with Crippen LogP contribution in [0.3, 0.4) is 0 Å². The van der Waals surface area contributed by atoms with Crippen molar-refractivity contribution in [2.45, 2.75) is 62.3 Å².